The number of rotatable bonds is 5. The highest BCUT2D eigenvalue weighted by molar-refractivity contribution is 5.85. The minimum atomic E-state index is -4.93. The number of amides is 1. The summed E-state index contributed by atoms with van der Waals surface area (Å²) in [7, 11) is 0. The molecule has 3 atom stereocenters. The van der Waals surface area contributed by atoms with Gasteiger partial charge in [0.15, 0.2) is 0 Å². The number of benzene rings is 1. The zero-order valence-corrected chi connectivity index (χ0v) is 13.6. The molecule has 136 valence electrons. The van der Waals surface area contributed by atoms with Crippen LogP contribution in [0.1, 0.15) is 18.4 Å². The van der Waals surface area contributed by atoms with Crippen LogP contribution in [0.3, 0.4) is 0 Å². The second-order valence-corrected chi connectivity index (χ2v) is 5.50. The highest BCUT2D eigenvalue weighted by Crippen LogP contribution is 2.38. The molecule has 0 saturated carbocycles. The molecule has 4 N–H and O–H groups in total. The molecule has 9 heteroatoms. The first-order valence-corrected chi connectivity index (χ1v) is 7.26. The number of carbonyl (C=O) groups is 1. The molecule has 1 amide bonds. The molecule has 1 aromatic carbocycles. The van der Waals surface area contributed by atoms with Crippen LogP contribution in [-0.2, 0) is 15.1 Å². The zero-order valence-electron chi connectivity index (χ0n) is 12.8. The maximum Gasteiger partial charge on any atom is 0.423 e. The fourth-order valence-electron chi connectivity index (χ4n) is 2.48. The van der Waals surface area contributed by atoms with Crippen molar-refractivity contribution in [1.82, 2.24) is 5.32 Å². The second kappa shape index (κ2) is 8.15. The van der Waals surface area contributed by atoms with E-state index in [9.17, 15) is 23.1 Å². The molecule has 2 rings (SSSR count). The van der Waals surface area contributed by atoms with Crippen LogP contribution < -0.4 is 11.1 Å². The van der Waals surface area contributed by atoms with Crippen LogP contribution >= 0.6 is 12.4 Å². The van der Waals surface area contributed by atoms with Gasteiger partial charge in [-0.2, -0.15) is 13.2 Å². The number of aliphatic hydroxyl groups is 1. The second-order valence-electron chi connectivity index (χ2n) is 5.50. The Morgan fingerprint density at radius 3 is 2.42 bits per heavy atom. The first kappa shape index (κ1) is 20.7. The molecule has 1 heterocycles. The van der Waals surface area contributed by atoms with E-state index in [1.807, 2.05) is 0 Å². The molecule has 1 aliphatic rings. The Hall–Kier alpha value is -1.35. The average molecular weight is 369 g/mol. The Morgan fingerprint density at radius 2 is 1.92 bits per heavy atom. The molecule has 0 aromatic heterocycles. The molecule has 1 aromatic rings. The fourth-order valence-corrected chi connectivity index (χ4v) is 2.48. The molecular weight excluding hydrogens is 349 g/mol. The minimum Gasteiger partial charge on any atom is -0.375 e. The summed E-state index contributed by atoms with van der Waals surface area (Å²) in [6.07, 6.45) is -5.06. The molecule has 1 fully saturated rings. The number of hydrogen-bond donors (Lipinski definition) is 3. The third-order valence-corrected chi connectivity index (χ3v) is 3.90. The Bertz CT molecular complexity index is 545. The summed E-state index contributed by atoms with van der Waals surface area (Å²) >= 11 is 0. The predicted molar refractivity (Wildman–Crippen MR) is 83.6 cm³/mol. The molecule has 5 nitrogen and oxygen atoms in total. The van der Waals surface area contributed by atoms with Gasteiger partial charge in [0.05, 0.1) is 12.6 Å². The Balaban J connectivity index is 0.00000288. The summed E-state index contributed by atoms with van der Waals surface area (Å²) in [5.74, 6) is -0.681. The van der Waals surface area contributed by atoms with Gasteiger partial charge in [0.1, 0.15) is 6.10 Å². The van der Waals surface area contributed by atoms with E-state index in [0.29, 0.717) is 12.8 Å². The Morgan fingerprint density at radius 1 is 1.29 bits per heavy atom. The van der Waals surface area contributed by atoms with Crippen molar-refractivity contribution in [3.05, 3.63) is 35.9 Å². The number of carbonyl (C=O) groups excluding carboxylic acids is 1. The normalized spacial score (nSPS) is 23.2. The van der Waals surface area contributed by atoms with E-state index < -0.39 is 30.3 Å². The summed E-state index contributed by atoms with van der Waals surface area (Å²) in [5, 5.41) is 12.2. The van der Waals surface area contributed by atoms with E-state index in [1.165, 1.54) is 18.2 Å². The fraction of sp³-hybridized carbons (Fsp3) is 0.533. The standard InChI is InChI=1S/C15H19F3N2O3.ClH/c16-15(17,18)14(22,10-4-2-1-3-5-10)9-20-13(21)12-7-6-11(8-19)23-12;/h1-5,11-12,22H,6-9,19H2,(H,20,21);1H/t11-,12+,14?;/m1./s1. The number of hydrogen-bond acceptors (Lipinski definition) is 4. The van der Waals surface area contributed by atoms with Crippen molar-refractivity contribution in [3.63, 3.8) is 0 Å². The van der Waals surface area contributed by atoms with Crippen LogP contribution in [0, 0.1) is 0 Å². The van der Waals surface area contributed by atoms with Crippen molar-refractivity contribution in [2.75, 3.05) is 13.1 Å². The molecule has 0 spiro atoms. The van der Waals surface area contributed by atoms with Gasteiger partial charge in [-0.05, 0) is 18.4 Å². The highest BCUT2D eigenvalue weighted by Gasteiger charge is 2.55. The van der Waals surface area contributed by atoms with Gasteiger partial charge in [-0.3, -0.25) is 4.79 Å². The lowest BCUT2D eigenvalue weighted by Crippen LogP contribution is -2.52. The molecule has 1 unspecified atom stereocenters. The Labute approximate surface area is 143 Å². The summed E-state index contributed by atoms with van der Waals surface area (Å²) in [5.41, 5.74) is 1.94. The van der Waals surface area contributed by atoms with Gasteiger partial charge in [-0.15, -0.1) is 12.4 Å². The topological polar surface area (TPSA) is 84.6 Å². The van der Waals surface area contributed by atoms with Crippen LogP contribution in [0.5, 0.6) is 0 Å². The van der Waals surface area contributed by atoms with E-state index in [1.54, 1.807) is 0 Å². The lowest BCUT2D eigenvalue weighted by Gasteiger charge is -2.31. The number of ether oxygens (including phenoxy) is 1. The van der Waals surface area contributed by atoms with Gasteiger partial charge in [0.25, 0.3) is 0 Å². The lowest BCUT2D eigenvalue weighted by atomic mass is 9.93. The Kier molecular flexibility index (Phi) is 7.03. The van der Waals surface area contributed by atoms with Gasteiger partial charge in [0, 0.05) is 6.54 Å². The van der Waals surface area contributed by atoms with Crippen molar-refractivity contribution >= 4 is 18.3 Å². The van der Waals surface area contributed by atoms with Gasteiger partial charge in [-0.25, -0.2) is 0 Å². The SMILES string of the molecule is Cl.NC[C@H]1CC[C@@H](C(=O)NCC(O)(c2ccccc2)C(F)(F)F)O1. The van der Waals surface area contributed by atoms with E-state index in [2.05, 4.69) is 5.32 Å². The lowest BCUT2D eigenvalue weighted by molar-refractivity contribution is -0.264. The van der Waals surface area contributed by atoms with Crippen molar-refractivity contribution in [1.29, 1.82) is 0 Å². The summed E-state index contributed by atoms with van der Waals surface area (Å²) in [6, 6.07) is 6.64. The van der Waals surface area contributed by atoms with Gasteiger partial charge in [-0.1, -0.05) is 30.3 Å². The summed E-state index contributed by atoms with van der Waals surface area (Å²) in [6.45, 7) is -0.729. The predicted octanol–water partition coefficient (Wildman–Crippen LogP) is 1.48. The maximum absolute atomic E-state index is 13.3. The average Bonchev–Trinajstić information content (AvgIpc) is 3.01. The van der Waals surface area contributed by atoms with Crippen LogP contribution in [0.25, 0.3) is 0 Å². The van der Waals surface area contributed by atoms with E-state index in [0.717, 1.165) is 12.1 Å². The molecule has 1 aliphatic heterocycles. The highest BCUT2D eigenvalue weighted by atomic mass is 35.5. The molecular formula is C15H20ClF3N2O3. The first-order valence-electron chi connectivity index (χ1n) is 7.26. The van der Waals surface area contributed by atoms with Crippen molar-refractivity contribution in [2.45, 2.75) is 36.8 Å². The van der Waals surface area contributed by atoms with Crippen LogP contribution in [0.2, 0.25) is 0 Å². The van der Waals surface area contributed by atoms with E-state index in [-0.39, 0.29) is 30.6 Å². The van der Waals surface area contributed by atoms with Crippen LogP contribution in [0.4, 0.5) is 13.2 Å². The van der Waals surface area contributed by atoms with Gasteiger partial charge >= 0.3 is 6.18 Å². The van der Waals surface area contributed by atoms with Crippen molar-refractivity contribution < 1.29 is 27.8 Å². The first-order chi connectivity index (χ1) is 10.8. The number of nitrogens with two attached hydrogens (primary N) is 1. The van der Waals surface area contributed by atoms with Gasteiger partial charge < -0.3 is 20.9 Å². The van der Waals surface area contributed by atoms with Crippen LogP contribution in [0.15, 0.2) is 30.3 Å². The molecule has 1 saturated heterocycles. The summed E-state index contributed by atoms with van der Waals surface area (Å²) < 4.78 is 45.2. The van der Waals surface area contributed by atoms with Crippen LogP contribution in [-0.4, -0.2) is 42.5 Å². The quantitative estimate of drug-likeness (QED) is 0.735. The van der Waals surface area contributed by atoms with Gasteiger partial charge in [0.2, 0.25) is 11.5 Å². The monoisotopic (exact) mass is 368 g/mol. The third kappa shape index (κ3) is 4.38. The molecule has 0 bridgehead atoms. The molecule has 24 heavy (non-hydrogen) atoms. The van der Waals surface area contributed by atoms with Crippen molar-refractivity contribution in [2.24, 2.45) is 5.73 Å². The van der Waals surface area contributed by atoms with E-state index in [4.69, 9.17) is 10.5 Å². The summed E-state index contributed by atoms with van der Waals surface area (Å²) in [4.78, 5) is 12.0. The number of nitrogens with one attached hydrogen (secondary N) is 1. The van der Waals surface area contributed by atoms with E-state index >= 15 is 0 Å². The number of halogens is 4. The smallest absolute Gasteiger partial charge is 0.375 e. The maximum atomic E-state index is 13.3. The van der Waals surface area contributed by atoms with Crippen molar-refractivity contribution in [3.8, 4) is 0 Å². The minimum absolute atomic E-state index is 0. The molecule has 0 aliphatic carbocycles. The largest absolute Gasteiger partial charge is 0.423 e. The number of alkyl halides is 3. The third-order valence-electron chi connectivity index (χ3n) is 3.90. The zero-order chi connectivity index (χ0) is 17.1. The molecule has 0 radical (unpaired) electrons.